The summed E-state index contributed by atoms with van der Waals surface area (Å²) in [6, 6.07) is 10.6. The van der Waals surface area contributed by atoms with E-state index in [9.17, 15) is 18.0 Å². The number of hydrogen-bond donors (Lipinski definition) is 2. The van der Waals surface area contributed by atoms with E-state index in [1.54, 1.807) is 18.2 Å². The van der Waals surface area contributed by atoms with Crippen LogP contribution in [0.3, 0.4) is 0 Å². The summed E-state index contributed by atoms with van der Waals surface area (Å²) in [6.45, 7) is 0.144. The second kappa shape index (κ2) is 7.77. The maximum Gasteiger partial charge on any atom is 0.338 e. The number of ether oxygens (including phenoxy) is 2. The minimum absolute atomic E-state index is 0.00937. The van der Waals surface area contributed by atoms with Gasteiger partial charge in [-0.15, -0.1) is 0 Å². The zero-order valence-electron chi connectivity index (χ0n) is 14.3. The topological polar surface area (TPSA) is 125 Å². The van der Waals surface area contributed by atoms with E-state index in [4.69, 9.17) is 14.6 Å². The molecule has 0 unspecified atom stereocenters. The van der Waals surface area contributed by atoms with Gasteiger partial charge in [-0.3, -0.25) is 4.79 Å². The van der Waals surface area contributed by atoms with Gasteiger partial charge in [-0.25, -0.2) is 18.4 Å². The first kappa shape index (κ1) is 18.9. The summed E-state index contributed by atoms with van der Waals surface area (Å²) < 4.78 is 32.9. The number of fused-ring (bicyclic) bond motifs is 1. The third-order valence-corrected chi connectivity index (χ3v) is 4.90. The van der Waals surface area contributed by atoms with Gasteiger partial charge in [0, 0.05) is 12.1 Å². The molecule has 0 aliphatic carbocycles. The van der Waals surface area contributed by atoms with Crippen LogP contribution in [0.4, 0.5) is 5.69 Å². The highest BCUT2D eigenvalue weighted by Gasteiger charge is 2.17. The molecule has 0 saturated carbocycles. The maximum atomic E-state index is 12.1. The van der Waals surface area contributed by atoms with Crippen LogP contribution in [0.25, 0.3) is 0 Å². The summed E-state index contributed by atoms with van der Waals surface area (Å²) in [6.07, 6.45) is 0.976. The maximum absolute atomic E-state index is 12.1. The zero-order chi connectivity index (χ0) is 19.4. The fraction of sp³-hybridized carbons (Fsp3) is 0.222. The Morgan fingerprint density at radius 2 is 1.81 bits per heavy atom. The van der Waals surface area contributed by atoms with Gasteiger partial charge in [-0.2, -0.15) is 0 Å². The average molecular weight is 390 g/mol. The number of nitrogens with one attached hydrogen (secondary N) is 1. The van der Waals surface area contributed by atoms with E-state index in [1.165, 1.54) is 24.3 Å². The molecule has 2 aromatic rings. The normalized spacial score (nSPS) is 13.4. The Morgan fingerprint density at radius 1 is 1.07 bits per heavy atom. The lowest BCUT2D eigenvalue weighted by molar-refractivity contribution is -0.116. The van der Waals surface area contributed by atoms with Crippen molar-refractivity contribution in [1.29, 1.82) is 0 Å². The number of esters is 1. The van der Waals surface area contributed by atoms with Gasteiger partial charge in [0.2, 0.25) is 15.9 Å². The van der Waals surface area contributed by atoms with Crippen LogP contribution >= 0.6 is 0 Å². The highest BCUT2D eigenvalue weighted by Crippen LogP contribution is 2.23. The first-order chi connectivity index (χ1) is 12.8. The number of primary sulfonamides is 1. The third-order valence-electron chi connectivity index (χ3n) is 3.97. The highest BCUT2D eigenvalue weighted by molar-refractivity contribution is 7.89. The molecular weight excluding hydrogens is 372 g/mol. The van der Waals surface area contributed by atoms with E-state index in [1.807, 2.05) is 0 Å². The lowest BCUT2D eigenvalue weighted by atomic mass is 10.0. The van der Waals surface area contributed by atoms with Crippen LogP contribution in [0.15, 0.2) is 47.4 Å². The summed E-state index contributed by atoms with van der Waals surface area (Å²) in [5.74, 6) is -0.0853. The third kappa shape index (κ3) is 4.83. The summed E-state index contributed by atoms with van der Waals surface area (Å²) in [5.41, 5.74) is 2.02. The van der Waals surface area contributed by atoms with Gasteiger partial charge >= 0.3 is 5.97 Å². The molecule has 0 saturated heterocycles. The first-order valence-corrected chi connectivity index (χ1v) is 9.73. The minimum Gasteiger partial charge on any atom is -0.490 e. The smallest absolute Gasteiger partial charge is 0.338 e. The Balaban J connectivity index is 1.49. The molecule has 3 N–H and O–H groups in total. The van der Waals surface area contributed by atoms with Gasteiger partial charge in [0.1, 0.15) is 19.0 Å². The monoisotopic (exact) mass is 390 g/mol. The molecule has 3 rings (SSSR count). The van der Waals surface area contributed by atoms with Crippen LogP contribution in [-0.2, 0) is 26.0 Å². The lowest BCUT2D eigenvalue weighted by Crippen LogP contribution is -2.19. The van der Waals surface area contributed by atoms with Crippen molar-refractivity contribution in [1.82, 2.24) is 0 Å². The summed E-state index contributed by atoms with van der Waals surface area (Å²) in [5, 5.41) is 7.77. The summed E-state index contributed by atoms with van der Waals surface area (Å²) >= 11 is 0. The average Bonchev–Trinajstić information content (AvgIpc) is 2.64. The number of anilines is 1. The quantitative estimate of drug-likeness (QED) is 0.568. The molecule has 142 valence electrons. The molecule has 0 atom stereocenters. The van der Waals surface area contributed by atoms with Crippen LogP contribution in [0.1, 0.15) is 22.3 Å². The zero-order valence-corrected chi connectivity index (χ0v) is 15.1. The van der Waals surface area contributed by atoms with E-state index in [0.29, 0.717) is 29.8 Å². The second-order valence-corrected chi connectivity index (χ2v) is 7.48. The van der Waals surface area contributed by atoms with Crippen molar-refractivity contribution in [3.63, 3.8) is 0 Å². The van der Waals surface area contributed by atoms with E-state index in [0.717, 1.165) is 5.56 Å². The Morgan fingerprint density at radius 3 is 2.52 bits per heavy atom. The Hall–Kier alpha value is -2.91. The largest absolute Gasteiger partial charge is 0.490 e. The highest BCUT2D eigenvalue weighted by atomic mass is 32.2. The Bertz CT molecular complexity index is 970. The van der Waals surface area contributed by atoms with E-state index < -0.39 is 16.0 Å². The van der Waals surface area contributed by atoms with E-state index in [2.05, 4.69) is 5.32 Å². The van der Waals surface area contributed by atoms with Crippen LogP contribution in [-0.4, -0.2) is 33.5 Å². The molecule has 1 aliphatic rings. The van der Waals surface area contributed by atoms with Crippen molar-refractivity contribution in [2.75, 3.05) is 18.5 Å². The summed E-state index contributed by atoms with van der Waals surface area (Å²) in [4.78, 5) is 23.5. The van der Waals surface area contributed by atoms with Gasteiger partial charge in [-0.05, 0) is 54.4 Å². The van der Waals surface area contributed by atoms with Crippen LogP contribution in [0, 0.1) is 0 Å². The van der Waals surface area contributed by atoms with Crippen molar-refractivity contribution in [2.24, 2.45) is 5.14 Å². The number of carbonyl (C=O) groups excluding carboxylic acids is 2. The number of carbonyl (C=O) groups is 2. The molecule has 8 nitrogen and oxygen atoms in total. The summed E-state index contributed by atoms with van der Waals surface area (Å²) in [7, 11) is -3.74. The number of benzene rings is 2. The van der Waals surface area contributed by atoms with Crippen LogP contribution < -0.4 is 15.2 Å². The molecule has 0 fully saturated rings. The molecule has 0 radical (unpaired) electrons. The molecule has 1 aliphatic heterocycles. The first-order valence-electron chi connectivity index (χ1n) is 8.18. The van der Waals surface area contributed by atoms with Crippen molar-refractivity contribution < 1.29 is 27.5 Å². The molecule has 9 heteroatoms. The number of nitrogens with two attached hydrogens (primary N) is 1. The predicted molar refractivity (Wildman–Crippen MR) is 97.0 cm³/mol. The minimum atomic E-state index is -3.74. The molecule has 1 heterocycles. The van der Waals surface area contributed by atoms with Gasteiger partial charge in [0.25, 0.3) is 0 Å². The van der Waals surface area contributed by atoms with Crippen molar-refractivity contribution >= 4 is 27.6 Å². The van der Waals surface area contributed by atoms with Crippen molar-refractivity contribution in [3.05, 3.63) is 53.6 Å². The molecular formula is C18H18N2O6S. The van der Waals surface area contributed by atoms with E-state index >= 15 is 0 Å². The van der Waals surface area contributed by atoms with Crippen molar-refractivity contribution in [2.45, 2.75) is 17.7 Å². The number of rotatable bonds is 6. The Labute approximate surface area is 156 Å². The van der Waals surface area contributed by atoms with Gasteiger partial charge in [0.05, 0.1) is 10.5 Å². The fourth-order valence-corrected chi connectivity index (χ4v) is 3.13. The standard InChI is InChI=1S/C18H18N2O6S/c19-27(23,24)15-5-3-14(4-6-15)25-9-10-26-18(22)13-1-7-16-12(11-13)2-8-17(21)20-16/h1,3-7,11H,2,8-10H2,(H,20,21)(H2,19,23,24). The molecule has 0 spiro atoms. The SMILES string of the molecule is NS(=O)(=O)c1ccc(OCCOC(=O)c2ccc3c(c2)CCC(=O)N3)cc1. The fourth-order valence-electron chi connectivity index (χ4n) is 2.61. The van der Waals surface area contributed by atoms with Crippen LogP contribution in [0.5, 0.6) is 5.75 Å². The number of aryl methyl sites for hydroxylation is 1. The molecule has 1 amide bonds. The number of amides is 1. The van der Waals surface area contributed by atoms with Gasteiger partial charge < -0.3 is 14.8 Å². The van der Waals surface area contributed by atoms with Crippen LogP contribution in [0.2, 0.25) is 0 Å². The van der Waals surface area contributed by atoms with Gasteiger partial charge in [0.15, 0.2) is 0 Å². The molecule has 2 aromatic carbocycles. The van der Waals surface area contributed by atoms with Gasteiger partial charge in [-0.1, -0.05) is 0 Å². The lowest BCUT2D eigenvalue weighted by Gasteiger charge is -2.17. The van der Waals surface area contributed by atoms with Crippen molar-refractivity contribution in [3.8, 4) is 5.75 Å². The predicted octanol–water partition coefficient (Wildman–Crippen LogP) is 1.45. The second-order valence-electron chi connectivity index (χ2n) is 5.92. The molecule has 27 heavy (non-hydrogen) atoms. The molecule has 0 aromatic heterocycles. The Kier molecular flexibility index (Phi) is 5.43. The van der Waals surface area contributed by atoms with E-state index in [-0.39, 0.29) is 24.0 Å². The number of hydrogen-bond acceptors (Lipinski definition) is 6. The number of sulfonamides is 1. The molecule has 0 bridgehead atoms.